The molecule has 0 spiro atoms. The van der Waals surface area contributed by atoms with Gasteiger partial charge >= 0.3 is 0 Å². The number of carbonyl (C=O) groups excluding carboxylic acids is 1. The highest BCUT2D eigenvalue weighted by atomic mass is 16.5. The van der Waals surface area contributed by atoms with Gasteiger partial charge in [-0.2, -0.15) is 0 Å². The van der Waals surface area contributed by atoms with Crippen molar-refractivity contribution in [3.8, 4) is 0 Å². The second-order valence-corrected chi connectivity index (χ2v) is 4.31. The van der Waals surface area contributed by atoms with Crippen LogP contribution in [-0.4, -0.2) is 36.1 Å². The molecule has 3 heterocycles. The molecule has 2 saturated heterocycles. The molecule has 2 atom stereocenters. The Labute approximate surface area is 83.7 Å². The molecule has 0 aromatic rings. The third-order valence-electron chi connectivity index (χ3n) is 3.57. The number of rotatable bonds is 0. The summed E-state index contributed by atoms with van der Waals surface area (Å²) in [4.78, 5) is 13.7. The summed E-state index contributed by atoms with van der Waals surface area (Å²) in [5, 5.41) is 0. The summed E-state index contributed by atoms with van der Waals surface area (Å²) in [6.45, 7) is 1.68. The van der Waals surface area contributed by atoms with Gasteiger partial charge in [0.05, 0.1) is 18.8 Å². The molecule has 3 nitrogen and oxygen atoms in total. The third-order valence-corrected chi connectivity index (χ3v) is 3.57. The van der Waals surface area contributed by atoms with E-state index in [1.54, 1.807) is 0 Å². The highest BCUT2D eigenvalue weighted by molar-refractivity contribution is 5.79. The summed E-state index contributed by atoms with van der Waals surface area (Å²) in [7, 11) is 0. The Bertz CT molecular complexity index is 298. The summed E-state index contributed by atoms with van der Waals surface area (Å²) in [5.41, 5.74) is 1.38. The molecule has 76 valence electrons. The van der Waals surface area contributed by atoms with Crippen LogP contribution in [0.5, 0.6) is 0 Å². The van der Waals surface area contributed by atoms with Gasteiger partial charge in [0.15, 0.2) is 0 Å². The number of fused-ring (bicyclic) bond motifs is 3. The molecule has 0 bridgehead atoms. The van der Waals surface area contributed by atoms with Crippen LogP contribution >= 0.6 is 0 Å². The van der Waals surface area contributed by atoms with E-state index in [1.807, 2.05) is 0 Å². The SMILES string of the molecule is O=C1CC[C@@H]2C3=CCOC3CCCN12. The van der Waals surface area contributed by atoms with Crippen LogP contribution in [0.1, 0.15) is 25.7 Å². The van der Waals surface area contributed by atoms with Crippen LogP contribution in [0, 0.1) is 0 Å². The predicted octanol–water partition coefficient (Wildman–Crippen LogP) is 1.10. The van der Waals surface area contributed by atoms with E-state index < -0.39 is 0 Å². The van der Waals surface area contributed by atoms with Gasteiger partial charge in [0.1, 0.15) is 0 Å². The van der Waals surface area contributed by atoms with Crippen LogP contribution in [0.25, 0.3) is 0 Å². The van der Waals surface area contributed by atoms with E-state index in [-0.39, 0.29) is 0 Å². The molecule has 0 saturated carbocycles. The first kappa shape index (κ1) is 8.48. The van der Waals surface area contributed by atoms with Gasteiger partial charge in [-0.1, -0.05) is 6.08 Å². The topological polar surface area (TPSA) is 29.5 Å². The average molecular weight is 193 g/mol. The molecular formula is C11H15NO2. The zero-order valence-electron chi connectivity index (χ0n) is 8.24. The van der Waals surface area contributed by atoms with E-state index >= 15 is 0 Å². The number of ether oxygens (including phenoxy) is 1. The molecule has 0 aliphatic carbocycles. The van der Waals surface area contributed by atoms with Gasteiger partial charge in [0, 0.05) is 13.0 Å². The maximum absolute atomic E-state index is 11.6. The normalized spacial score (nSPS) is 36.4. The molecule has 3 heteroatoms. The number of carbonyl (C=O) groups is 1. The van der Waals surface area contributed by atoms with Gasteiger partial charge in [-0.05, 0) is 24.8 Å². The van der Waals surface area contributed by atoms with Crippen LogP contribution in [0.4, 0.5) is 0 Å². The van der Waals surface area contributed by atoms with Crippen molar-refractivity contribution < 1.29 is 9.53 Å². The van der Waals surface area contributed by atoms with Crippen molar-refractivity contribution in [1.82, 2.24) is 4.90 Å². The number of nitrogens with zero attached hydrogens (tertiary/aromatic N) is 1. The first-order valence-corrected chi connectivity index (χ1v) is 5.47. The molecule has 3 aliphatic rings. The fourth-order valence-electron chi connectivity index (χ4n) is 2.90. The molecule has 0 radical (unpaired) electrons. The minimum Gasteiger partial charge on any atom is -0.370 e. The first-order valence-electron chi connectivity index (χ1n) is 5.47. The molecule has 14 heavy (non-hydrogen) atoms. The number of amides is 1. The predicted molar refractivity (Wildman–Crippen MR) is 51.8 cm³/mol. The summed E-state index contributed by atoms with van der Waals surface area (Å²) < 4.78 is 5.65. The molecule has 3 aliphatic heterocycles. The summed E-state index contributed by atoms with van der Waals surface area (Å²) in [6, 6.07) is 0.373. The van der Waals surface area contributed by atoms with Gasteiger partial charge in [0.25, 0.3) is 0 Å². The molecular weight excluding hydrogens is 178 g/mol. The maximum atomic E-state index is 11.6. The van der Waals surface area contributed by atoms with Gasteiger partial charge < -0.3 is 9.64 Å². The lowest BCUT2D eigenvalue weighted by Crippen LogP contribution is -2.34. The van der Waals surface area contributed by atoms with Crippen LogP contribution in [0.15, 0.2) is 11.6 Å². The van der Waals surface area contributed by atoms with Crippen LogP contribution in [0.2, 0.25) is 0 Å². The minimum absolute atomic E-state index is 0.316. The van der Waals surface area contributed by atoms with Crippen LogP contribution < -0.4 is 0 Å². The second kappa shape index (κ2) is 3.09. The fourth-order valence-corrected chi connectivity index (χ4v) is 2.90. The quantitative estimate of drug-likeness (QED) is 0.539. The van der Waals surface area contributed by atoms with E-state index in [2.05, 4.69) is 11.0 Å². The standard InChI is InChI=1S/C11H15NO2/c13-11-4-3-9-8-5-7-14-10(8)2-1-6-12(9)11/h5,9-10H,1-4,6-7H2/t9-,10?/m1/s1. The van der Waals surface area contributed by atoms with E-state index in [0.717, 1.165) is 38.8 Å². The lowest BCUT2D eigenvalue weighted by atomic mass is 9.99. The molecule has 0 aromatic carbocycles. The van der Waals surface area contributed by atoms with E-state index in [4.69, 9.17) is 4.74 Å². The van der Waals surface area contributed by atoms with Crippen molar-refractivity contribution in [1.29, 1.82) is 0 Å². The van der Waals surface area contributed by atoms with Gasteiger partial charge in [-0.25, -0.2) is 0 Å². The van der Waals surface area contributed by atoms with Gasteiger partial charge in [-0.3, -0.25) is 4.79 Å². The zero-order chi connectivity index (χ0) is 9.54. The Morgan fingerprint density at radius 3 is 3.29 bits per heavy atom. The Morgan fingerprint density at radius 1 is 1.43 bits per heavy atom. The van der Waals surface area contributed by atoms with Crippen molar-refractivity contribution in [2.45, 2.75) is 37.8 Å². The minimum atomic E-state index is 0.316. The summed E-state index contributed by atoms with van der Waals surface area (Å²) in [6.07, 6.45) is 6.41. The second-order valence-electron chi connectivity index (χ2n) is 4.31. The van der Waals surface area contributed by atoms with Crippen LogP contribution in [0.3, 0.4) is 0 Å². The maximum Gasteiger partial charge on any atom is 0.223 e. The van der Waals surface area contributed by atoms with Crippen molar-refractivity contribution in [3.63, 3.8) is 0 Å². The highest BCUT2D eigenvalue weighted by Crippen LogP contribution is 2.34. The summed E-state index contributed by atoms with van der Waals surface area (Å²) in [5.74, 6) is 0.337. The molecule has 0 aromatic heterocycles. The Kier molecular flexibility index (Phi) is 1.87. The average Bonchev–Trinajstić information content (AvgIpc) is 2.72. The van der Waals surface area contributed by atoms with Crippen molar-refractivity contribution in [2.24, 2.45) is 0 Å². The third kappa shape index (κ3) is 1.12. The van der Waals surface area contributed by atoms with E-state index in [9.17, 15) is 4.79 Å². The van der Waals surface area contributed by atoms with E-state index in [1.165, 1.54) is 5.57 Å². The van der Waals surface area contributed by atoms with Crippen molar-refractivity contribution in [2.75, 3.05) is 13.2 Å². The Hall–Kier alpha value is -0.830. The molecule has 1 unspecified atom stereocenters. The van der Waals surface area contributed by atoms with Crippen molar-refractivity contribution >= 4 is 5.91 Å². The Balaban J connectivity index is 1.92. The van der Waals surface area contributed by atoms with Crippen molar-refractivity contribution in [3.05, 3.63) is 11.6 Å². The first-order chi connectivity index (χ1) is 6.86. The highest BCUT2D eigenvalue weighted by Gasteiger charge is 2.39. The Morgan fingerprint density at radius 2 is 2.36 bits per heavy atom. The van der Waals surface area contributed by atoms with E-state index in [0.29, 0.717) is 18.1 Å². The van der Waals surface area contributed by atoms with Gasteiger partial charge in [0.2, 0.25) is 5.91 Å². The fraction of sp³-hybridized carbons (Fsp3) is 0.727. The number of hydrogen-bond acceptors (Lipinski definition) is 2. The lowest BCUT2D eigenvalue weighted by Gasteiger charge is -2.23. The van der Waals surface area contributed by atoms with Crippen LogP contribution in [-0.2, 0) is 9.53 Å². The molecule has 1 amide bonds. The van der Waals surface area contributed by atoms with Gasteiger partial charge in [-0.15, -0.1) is 0 Å². The monoisotopic (exact) mass is 193 g/mol. The molecule has 3 rings (SSSR count). The molecule has 0 N–H and O–H groups in total. The zero-order valence-corrected chi connectivity index (χ0v) is 8.24. The molecule has 2 fully saturated rings. The summed E-state index contributed by atoms with van der Waals surface area (Å²) >= 11 is 0. The smallest absolute Gasteiger partial charge is 0.223 e. The number of hydrogen-bond donors (Lipinski definition) is 0. The largest absolute Gasteiger partial charge is 0.370 e. The lowest BCUT2D eigenvalue weighted by molar-refractivity contribution is -0.128.